The number of halogens is 1. The van der Waals surface area contributed by atoms with Crippen LogP contribution in [-0.4, -0.2) is 21.5 Å². The average Bonchev–Trinajstić information content (AvgIpc) is 2.53. The van der Waals surface area contributed by atoms with E-state index in [-0.39, 0.29) is 10.7 Å². The molecule has 0 spiro atoms. The van der Waals surface area contributed by atoms with E-state index in [1.807, 2.05) is 0 Å². The van der Waals surface area contributed by atoms with Gasteiger partial charge in [-0.25, -0.2) is 5.43 Å². The van der Waals surface area contributed by atoms with E-state index in [9.17, 15) is 14.9 Å². The number of benzene rings is 1. The van der Waals surface area contributed by atoms with E-state index in [0.717, 1.165) is 0 Å². The Morgan fingerprint density at radius 2 is 2.14 bits per heavy atom. The minimum atomic E-state index is -0.576. The monoisotopic (exact) mass is 318 g/mol. The Hall–Kier alpha value is -2.80. The maximum Gasteiger partial charge on any atom is 0.288 e. The standard InChI is InChI=1S/C14H11ClN4O3/c1-9(10-4-5-12(15)13(7-10)19(21)22)17-18-14(20)11-3-2-6-16-8-11/h2-8H,1H3,(H,18,20)/b17-9+. The second-order valence-corrected chi connectivity index (χ2v) is 4.71. The summed E-state index contributed by atoms with van der Waals surface area (Å²) in [6.45, 7) is 1.62. The third-order valence-electron chi connectivity index (χ3n) is 2.81. The van der Waals surface area contributed by atoms with E-state index in [2.05, 4.69) is 15.5 Å². The highest BCUT2D eigenvalue weighted by atomic mass is 35.5. The predicted molar refractivity (Wildman–Crippen MR) is 82.0 cm³/mol. The van der Waals surface area contributed by atoms with Crippen LogP contribution >= 0.6 is 11.6 Å². The number of nitro groups is 1. The molecule has 1 heterocycles. The number of nitrogens with one attached hydrogen (secondary N) is 1. The molecule has 8 heteroatoms. The molecule has 0 radical (unpaired) electrons. The maximum atomic E-state index is 11.8. The van der Waals surface area contributed by atoms with Gasteiger partial charge in [0.15, 0.2) is 0 Å². The smallest absolute Gasteiger partial charge is 0.267 e. The number of aromatic nitrogens is 1. The number of pyridine rings is 1. The fraction of sp³-hybridized carbons (Fsp3) is 0.0714. The summed E-state index contributed by atoms with van der Waals surface area (Å²) in [4.78, 5) is 25.9. The summed E-state index contributed by atoms with van der Waals surface area (Å²) in [5.41, 5.74) is 3.42. The zero-order valence-electron chi connectivity index (χ0n) is 11.5. The van der Waals surface area contributed by atoms with Gasteiger partial charge < -0.3 is 0 Å². The SMILES string of the molecule is C/C(=N\NC(=O)c1cccnc1)c1ccc(Cl)c([N+](=O)[O-])c1. The van der Waals surface area contributed by atoms with Crippen LogP contribution < -0.4 is 5.43 Å². The Balaban J connectivity index is 2.18. The van der Waals surface area contributed by atoms with Crippen molar-refractivity contribution in [1.82, 2.24) is 10.4 Å². The molecule has 0 aliphatic heterocycles. The summed E-state index contributed by atoms with van der Waals surface area (Å²) >= 11 is 5.75. The maximum absolute atomic E-state index is 11.8. The van der Waals surface area contributed by atoms with Gasteiger partial charge in [-0.05, 0) is 25.1 Å². The molecule has 2 aromatic rings. The van der Waals surface area contributed by atoms with E-state index >= 15 is 0 Å². The largest absolute Gasteiger partial charge is 0.288 e. The average molecular weight is 319 g/mol. The van der Waals surface area contributed by atoms with Crippen molar-refractivity contribution in [2.24, 2.45) is 5.10 Å². The van der Waals surface area contributed by atoms with Gasteiger partial charge in [0, 0.05) is 24.0 Å². The van der Waals surface area contributed by atoms with Crippen LogP contribution in [0.5, 0.6) is 0 Å². The molecule has 0 bridgehead atoms. The number of nitro benzene ring substituents is 1. The lowest BCUT2D eigenvalue weighted by Crippen LogP contribution is -2.19. The topological polar surface area (TPSA) is 97.5 Å². The molecule has 0 fully saturated rings. The van der Waals surface area contributed by atoms with E-state index in [1.165, 1.54) is 18.3 Å². The van der Waals surface area contributed by atoms with Crippen LogP contribution in [0, 0.1) is 10.1 Å². The van der Waals surface area contributed by atoms with Crippen molar-refractivity contribution in [3.05, 3.63) is 69.0 Å². The van der Waals surface area contributed by atoms with Crippen LogP contribution in [0.25, 0.3) is 0 Å². The van der Waals surface area contributed by atoms with Gasteiger partial charge in [0.1, 0.15) is 5.02 Å². The van der Waals surface area contributed by atoms with Gasteiger partial charge in [0.05, 0.1) is 16.2 Å². The van der Waals surface area contributed by atoms with Crippen LogP contribution in [0.2, 0.25) is 5.02 Å². The van der Waals surface area contributed by atoms with Crippen LogP contribution in [0.15, 0.2) is 47.8 Å². The fourth-order valence-electron chi connectivity index (χ4n) is 1.64. The lowest BCUT2D eigenvalue weighted by Gasteiger charge is -2.03. The van der Waals surface area contributed by atoms with Gasteiger partial charge in [-0.15, -0.1) is 0 Å². The third kappa shape index (κ3) is 3.64. The summed E-state index contributed by atoms with van der Waals surface area (Å²) in [7, 11) is 0. The number of hydrazone groups is 1. The Morgan fingerprint density at radius 1 is 1.36 bits per heavy atom. The number of carbonyl (C=O) groups excluding carboxylic acids is 1. The van der Waals surface area contributed by atoms with Crippen molar-refractivity contribution < 1.29 is 9.72 Å². The van der Waals surface area contributed by atoms with Crippen molar-refractivity contribution >= 4 is 28.9 Å². The molecular formula is C14H11ClN4O3. The van der Waals surface area contributed by atoms with Crippen LogP contribution in [0.4, 0.5) is 5.69 Å². The van der Waals surface area contributed by atoms with Crippen molar-refractivity contribution in [1.29, 1.82) is 0 Å². The van der Waals surface area contributed by atoms with E-state index < -0.39 is 10.8 Å². The molecule has 0 atom stereocenters. The van der Waals surface area contributed by atoms with Gasteiger partial charge in [-0.2, -0.15) is 5.10 Å². The molecule has 22 heavy (non-hydrogen) atoms. The van der Waals surface area contributed by atoms with Gasteiger partial charge in [0.25, 0.3) is 11.6 Å². The van der Waals surface area contributed by atoms with Crippen molar-refractivity contribution in [2.75, 3.05) is 0 Å². The molecule has 1 aromatic carbocycles. The third-order valence-corrected chi connectivity index (χ3v) is 3.13. The molecule has 1 aromatic heterocycles. The first kappa shape index (κ1) is 15.6. The lowest BCUT2D eigenvalue weighted by atomic mass is 10.1. The van der Waals surface area contributed by atoms with E-state index in [4.69, 9.17) is 11.6 Å². The fourth-order valence-corrected chi connectivity index (χ4v) is 1.82. The second-order valence-electron chi connectivity index (χ2n) is 4.30. The first-order chi connectivity index (χ1) is 10.5. The Bertz CT molecular complexity index is 747. The summed E-state index contributed by atoms with van der Waals surface area (Å²) in [6, 6.07) is 7.53. The summed E-state index contributed by atoms with van der Waals surface area (Å²) in [5, 5.41) is 14.8. The summed E-state index contributed by atoms with van der Waals surface area (Å²) in [5.74, 6) is -0.420. The zero-order chi connectivity index (χ0) is 16.1. The second kappa shape index (κ2) is 6.77. The normalized spacial score (nSPS) is 11.1. The highest BCUT2D eigenvalue weighted by Gasteiger charge is 2.14. The number of amides is 1. The number of carbonyl (C=O) groups is 1. The van der Waals surface area contributed by atoms with Crippen molar-refractivity contribution in [3.8, 4) is 0 Å². The van der Waals surface area contributed by atoms with Crippen molar-refractivity contribution in [2.45, 2.75) is 6.92 Å². The highest BCUT2D eigenvalue weighted by molar-refractivity contribution is 6.32. The Kier molecular flexibility index (Phi) is 4.80. The lowest BCUT2D eigenvalue weighted by molar-refractivity contribution is -0.384. The van der Waals surface area contributed by atoms with Crippen LogP contribution in [0.3, 0.4) is 0 Å². The molecule has 1 amide bonds. The molecule has 0 unspecified atom stereocenters. The predicted octanol–water partition coefficient (Wildman–Crippen LogP) is 2.80. The minimum absolute atomic E-state index is 0.0425. The van der Waals surface area contributed by atoms with Crippen LogP contribution in [0.1, 0.15) is 22.8 Å². The number of nitrogens with zero attached hydrogens (tertiary/aromatic N) is 3. The zero-order valence-corrected chi connectivity index (χ0v) is 12.2. The highest BCUT2D eigenvalue weighted by Crippen LogP contribution is 2.25. The molecule has 2 rings (SSSR count). The molecule has 0 saturated carbocycles. The quantitative estimate of drug-likeness (QED) is 0.532. The first-order valence-electron chi connectivity index (χ1n) is 6.18. The van der Waals surface area contributed by atoms with E-state index in [0.29, 0.717) is 16.8 Å². The number of hydrogen-bond acceptors (Lipinski definition) is 5. The van der Waals surface area contributed by atoms with Gasteiger partial charge in [0.2, 0.25) is 0 Å². The molecule has 1 N–H and O–H groups in total. The van der Waals surface area contributed by atoms with Crippen molar-refractivity contribution in [3.63, 3.8) is 0 Å². The minimum Gasteiger partial charge on any atom is -0.267 e. The van der Waals surface area contributed by atoms with Gasteiger partial charge in [-0.3, -0.25) is 19.9 Å². The molecular weight excluding hydrogens is 308 g/mol. The van der Waals surface area contributed by atoms with Crippen LogP contribution in [-0.2, 0) is 0 Å². The molecule has 0 aliphatic carbocycles. The van der Waals surface area contributed by atoms with E-state index in [1.54, 1.807) is 31.3 Å². The summed E-state index contributed by atoms with van der Waals surface area (Å²) in [6.07, 6.45) is 2.96. The Morgan fingerprint density at radius 3 is 2.77 bits per heavy atom. The first-order valence-corrected chi connectivity index (χ1v) is 6.56. The molecule has 112 valence electrons. The number of hydrogen-bond donors (Lipinski definition) is 1. The molecule has 7 nitrogen and oxygen atoms in total. The number of rotatable bonds is 4. The molecule has 0 aliphatic rings. The molecule has 0 saturated heterocycles. The summed E-state index contributed by atoms with van der Waals surface area (Å²) < 4.78 is 0. The van der Waals surface area contributed by atoms with Gasteiger partial charge in [-0.1, -0.05) is 17.7 Å². The van der Waals surface area contributed by atoms with Gasteiger partial charge >= 0.3 is 0 Å². The Labute approximate surface area is 130 Å².